The van der Waals surface area contributed by atoms with Gasteiger partial charge in [-0.25, -0.2) is 0 Å². The molecule has 0 N–H and O–H groups in total. The van der Waals surface area contributed by atoms with Crippen LogP contribution in [0.5, 0.6) is 0 Å². The Morgan fingerprint density at radius 3 is 2.41 bits per heavy atom. The molecule has 0 aliphatic heterocycles. The molecule has 0 bridgehead atoms. The van der Waals surface area contributed by atoms with Gasteiger partial charge in [0.15, 0.2) is 0 Å². The van der Waals surface area contributed by atoms with Crippen LogP contribution in [0.1, 0.15) is 10.4 Å². The van der Waals surface area contributed by atoms with Gasteiger partial charge in [-0.1, -0.05) is 48.5 Å². The molecule has 0 fully saturated rings. The predicted molar refractivity (Wildman–Crippen MR) is 65.4 cm³/mol. The monoisotopic (exact) mass is 223 g/mol. The number of nitrogens with zero attached hydrogens (tertiary/aromatic N) is 3. The van der Waals surface area contributed by atoms with Gasteiger partial charge in [0.05, 0.1) is 0 Å². The lowest BCUT2D eigenvalue weighted by Crippen LogP contribution is -1.93. The number of benzene rings is 2. The van der Waals surface area contributed by atoms with Gasteiger partial charge in [-0.3, -0.25) is 4.79 Å². The SMILES string of the molecule is [N-]=[N+]=NC(=O)c1cccc(-c2ccccc2)c1. The third-order valence-electron chi connectivity index (χ3n) is 2.35. The zero-order valence-electron chi connectivity index (χ0n) is 8.95. The van der Waals surface area contributed by atoms with E-state index in [2.05, 4.69) is 10.0 Å². The second-order valence-corrected chi connectivity index (χ2v) is 3.44. The number of hydrogen-bond donors (Lipinski definition) is 0. The van der Waals surface area contributed by atoms with Crippen LogP contribution in [0.3, 0.4) is 0 Å². The lowest BCUT2D eigenvalue weighted by molar-refractivity contribution is 0.100. The Bertz CT molecular complexity index is 587. The van der Waals surface area contributed by atoms with Crippen molar-refractivity contribution in [1.82, 2.24) is 0 Å². The summed E-state index contributed by atoms with van der Waals surface area (Å²) in [6, 6.07) is 16.7. The molecule has 17 heavy (non-hydrogen) atoms. The minimum absolute atomic E-state index is 0.393. The molecule has 0 aromatic heterocycles. The highest BCUT2D eigenvalue weighted by molar-refractivity contribution is 5.96. The van der Waals surface area contributed by atoms with Gasteiger partial charge in [-0.05, 0) is 27.8 Å². The molecule has 4 heteroatoms. The Morgan fingerprint density at radius 1 is 1.00 bits per heavy atom. The van der Waals surface area contributed by atoms with E-state index in [1.165, 1.54) is 0 Å². The summed E-state index contributed by atoms with van der Waals surface area (Å²) in [5, 5.41) is 3.07. The van der Waals surface area contributed by atoms with Crippen LogP contribution >= 0.6 is 0 Å². The maximum Gasteiger partial charge on any atom is 0.249 e. The fraction of sp³-hybridized carbons (Fsp3) is 0. The van der Waals surface area contributed by atoms with E-state index in [0.717, 1.165) is 11.1 Å². The summed E-state index contributed by atoms with van der Waals surface area (Å²) >= 11 is 0. The summed E-state index contributed by atoms with van der Waals surface area (Å²) in [6.45, 7) is 0. The van der Waals surface area contributed by atoms with Crippen LogP contribution in [0, 0.1) is 0 Å². The van der Waals surface area contributed by atoms with Crippen LogP contribution in [-0.4, -0.2) is 5.91 Å². The van der Waals surface area contributed by atoms with Gasteiger partial charge in [0.25, 0.3) is 0 Å². The number of rotatable bonds is 2. The van der Waals surface area contributed by atoms with E-state index in [4.69, 9.17) is 5.53 Å². The van der Waals surface area contributed by atoms with E-state index in [1.807, 2.05) is 36.4 Å². The first-order chi connectivity index (χ1) is 8.31. The van der Waals surface area contributed by atoms with Crippen molar-refractivity contribution in [2.75, 3.05) is 0 Å². The van der Waals surface area contributed by atoms with E-state index in [-0.39, 0.29) is 0 Å². The summed E-state index contributed by atoms with van der Waals surface area (Å²) in [6.07, 6.45) is 0. The molecule has 4 nitrogen and oxygen atoms in total. The first kappa shape index (κ1) is 10.9. The molecule has 0 heterocycles. The van der Waals surface area contributed by atoms with Crippen molar-refractivity contribution in [2.45, 2.75) is 0 Å². The van der Waals surface area contributed by atoms with Gasteiger partial charge in [0, 0.05) is 10.5 Å². The zero-order valence-corrected chi connectivity index (χ0v) is 8.95. The molecular formula is C13H9N3O. The number of amides is 1. The molecule has 0 aliphatic rings. The minimum Gasteiger partial charge on any atom is -0.287 e. The Morgan fingerprint density at radius 2 is 1.71 bits per heavy atom. The molecule has 1 amide bonds. The molecule has 0 unspecified atom stereocenters. The highest BCUT2D eigenvalue weighted by Crippen LogP contribution is 2.20. The second kappa shape index (κ2) is 4.96. The maximum atomic E-state index is 11.4. The highest BCUT2D eigenvalue weighted by atomic mass is 16.1. The molecular weight excluding hydrogens is 214 g/mol. The fourth-order valence-corrected chi connectivity index (χ4v) is 1.56. The third kappa shape index (κ3) is 2.51. The van der Waals surface area contributed by atoms with E-state index in [0.29, 0.717) is 5.56 Å². The topological polar surface area (TPSA) is 65.8 Å². The van der Waals surface area contributed by atoms with Gasteiger partial charge in [0.1, 0.15) is 0 Å². The molecule has 2 aromatic carbocycles. The van der Waals surface area contributed by atoms with Gasteiger partial charge in [0.2, 0.25) is 5.91 Å². The van der Waals surface area contributed by atoms with Crippen LogP contribution in [0.25, 0.3) is 21.6 Å². The largest absolute Gasteiger partial charge is 0.287 e. The normalized spacial score (nSPS) is 9.41. The fourth-order valence-electron chi connectivity index (χ4n) is 1.56. The second-order valence-electron chi connectivity index (χ2n) is 3.44. The summed E-state index contributed by atoms with van der Waals surface area (Å²) in [5.41, 5.74) is 10.6. The number of carbonyl (C=O) groups excluding carboxylic acids is 1. The number of azide groups is 1. The van der Waals surface area contributed by atoms with Crippen molar-refractivity contribution in [3.05, 3.63) is 70.6 Å². The highest BCUT2D eigenvalue weighted by Gasteiger charge is 2.04. The van der Waals surface area contributed by atoms with Crippen LogP contribution in [0.15, 0.2) is 59.7 Å². The summed E-state index contributed by atoms with van der Waals surface area (Å²) in [5.74, 6) is -0.565. The molecule has 0 saturated carbocycles. The molecule has 0 spiro atoms. The Balaban J connectivity index is 2.42. The van der Waals surface area contributed by atoms with Gasteiger partial charge < -0.3 is 0 Å². The Kier molecular flexibility index (Phi) is 3.19. The first-order valence-corrected chi connectivity index (χ1v) is 5.06. The first-order valence-electron chi connectivity index (χ1n) is 5.06. The van der Waals surface area contributed by atoms with Gasteiger partial charge in [-0.15, -0.1) is 0 Å². The van der Waals surface area contributed by atoms with Crippen molar-refractivity contribution in [3.63, 3.8) is 0 Å². The van der Waals surface area contributed by atoms with Crippen molar-refractivity contribution in [3.8, 4) is 11.1 Å². The van der Waals surface area contributed by atoms with Crippen molar-refractivity contribution >= 4 is 5.91 Å². The summed E-state index contributed by atoms with van der Waals surface area (Å²) in [4.78, 5) is 13.9. The molecule has 0 saturated heterocycles. The summed E-state index contributed by atoms with van der Waals surface area (Å²) < 4.78 is 0. The molecule has 2 rings (SSSR count). The quantitative estimate of drug-likeness (QED) is 0.433. The van der Waals surface area contributed by atoms with E-state index in [9.17, 15) is 4.79 Å². The molecule has 0 radical (unpaired) electrons. The predicted octanol–water partition coefficient (Wildman–Crippen LogP) is 3.80. The average Bonchev–Trinajstić information content (AvgIpc) is 2.40. The number of hydrogen-bond acceptors (Lipinski definition) is 1. The summed E-state index contributed by atoms with van der Waals surface area (Å²) in [7, 11) is 0. The average molecular weight is 223 g/mol. The maximum absolute atomic E-state index is 11.4. The standard InChI is InChI=1S/C13H9N3O/c14-16-15-13(17)12-8-4-7-11(9-12)10-5-2-1-3-6-10/h1-9H. The minimum atomic E-state index is -0.565. The molecule has 82 valence electrons. The lowest BCUT2D eigenvalue weighted by Gasteiger charge is -2.02. The van der Waals surface area contributed by atoms with E-state index >= 15 is 0 Å². The van der Waals surface area contributed by atoms with Gasteiger partial charge >= 0.3 is 0 Å². The third-order valence-corrected chi connectivity index (χ3v) is 2.35. The van der Waals surface area contributed by atoms with Gasteiger partial charge in [-0.2, -0.15) is 0 Å². The van der Waals surface area contributed by atoms with E-state index in [1.54, 1.807) is 18.2 Å². The molecule has 2 aromatic rings. The van der Waals surface area contributed by atoms with E-state index < -0.39 is 5.91 Å². The Labute approximate surface area is 98.1 Å². The van der Waals surface area contributed by atoms with Crippen LogP contribution < -0.4 is 0 Å². The van der Waals surface area contributed by atoms with Crippen molar-refractivity contribution in [2.24, 2.45) is 5.11 Å². The Hall–Kier alpha value is -2.58. The molecule has 0 atom stereocenters. The number of carbonyl (C=O) groups is 1. The van der Waals surface area contributed by atoms with Crippen LogP contribution in [0.4, 0.5) is 0 Å². The smallest absolute Gasteiger partial charge is 0.249 e. The van der Waals surface area contributed by atoms with Crippen molar-refractivity contribution in [1.29, 1.82) is 0 Å². The van der Waals surface area contributed by atoms with Crippen molar-refractivity contribution < 1.29 is 4.79 Å². The van der Waals surface area contributed by atoms with Crippen LogP contribution in [-0.2, 0) is 0 Å². The van der Waals surface area contributed by atoms with Crippen LogP contribution in [0.2, 0.25) is 0 Å². The molecule has 0 aliphatic carbocycles. The lowest BCUT2D eigenvalue weighted by atomic mass is 10.0. The zero-order chi connectivity index (χ0) is 12.1.